The van der Waals surface area contributed by atoms with Gasteiger partial charge in [0.2, 0.25) is 5.91 Å². The van der Waals surface area contributed by atoms with Crippen molar-refractivity contribution >= 4 is 11.6 Å². The van der Waals surface area contributed by atoms with Crippen LogP contribution in [0.15, 0.2) is 54.6 Å². The molecule has 20 heavy (non-hydrogen) atoms. The van der Waals surface area contributed by atoms with E-state index in [4.69, 9.17) is 0 Å². The number of hydrogen-bond acceptors (Lipinski definition) is 2. The van der Waals surface area contributed by atoms with Crippen LogP contribution in [0.1, 0.15) is 23.6 Å². The Morgan fingerprint density at radius 1 is 1.00 bits per heavy atom. The molecule has 2 heterocycles. The van der Waals surface area contributed by atoms with E-state index in [1.807, 2.05) is 36.4 Å². The number of carbonyl (C=O) groups excluding carboxylic acids is 1. The van der Waals surface area contributed by atoms with Crippen LogP contribution in [-0.4, -0.2) is 12.5 Å². The third kappa shape index (κ3) is 1.41. The molecule has 0 saturated carbocycles. The van der Waals surface area contributed by atoms with Gasteiger partial charge in [-0.1, -0.05) is 48.5 Å². The maximum Gasteiger partial charge on any atom is 0.237 e. The molecule has 100 valence electrons. The average molecular weight is 264 g/mol. The summed E-state index contributed by atoms with van der Waals surface area (Å²) in [6, 6.07) is 18.4. The Bertz CT molecular complexity index is 668. The zero-order chi connectivity index (χ0) is 13.6. The van der Waals surface area contributed by atoms with E-state index in [1.54, 1.807) is 0 Å². The number of amides is 1. The summed E-state index contributed by atoms with van der Waals surface area (Å²) in [6.07, 6.45) is 0.843. The van der Waals surface area contributed by atoms with Crippen LogP contribution in [0.2, 0.25) is 0 Å². The van der Waals surface area contributed by atoms with Crippen molar-refractivity contribution in [2.75, 3.05) is 11.9 Å². The van der Waals surface area contributed by atoms with Gasteiger partial charge in [-0.05, 0) is 30.2 Å². The fourth-order valence-electron chi connectivity index (χ4n) is 3.65. The lowest BCUT2D eigenvalue weighted by molar-refractivity contribution is -0.121. The van der Waals surface area contributed by atoms with E-state index >= 15 is 0 Å². The SMILES string of the molecule is O=C1Nc2ccccc2[C@]12CCN[C@@H]2c1ccccc1. The largest absolute Gasteiger partial charge is 0.325 e. The third-order valence-electron chi connectivity index (χ3n) is 4.55. The minimum atomic E-state index is -0.460. The fraction of sp³-hybridized carbons (Fsp3) is 0.235. The molecule has 2 aliphatic rings. The summed E-state index contributed by atoms with van der Waals surface area (Å²) in [5.41, 5.74) is 2.81. The first-order chi connectivity index (χ1) is 9.82. The molecular formula is C17H16N2O. The number of benzene rings is 2. The van der Waals surface area contributed by atoms with Crippen LogP contribution in [0, 0.1) is 0 Å². The Labute approximate surface area is 118 Å². The van der Waals surface area contributed by atoms with Crippen LogP contribution in [0.25, 0.3) is 0 Å². The predicted octanol–water partition coefficient (Wildman–Crippen LogP) is 2.61. The first-order valence-corrected chi connectivity index (χ1v) is 7.02. The average Bonchev–Trinajstić information content (AvgIpc) is 3.05. The molecule has 1 spiro atoms. The lowest BCUT2D eigenvalue weighted by Gasteiger charge is -2.29. The van der Waals surface area contributed by atoms with Crippen molar-refractivity contribution in [3.8, 4) is 0 Å². The van der Waals surface area contributed by atoms with Gasteiger partial charge in [0.15, 0.2) is 0 Å². The molecule has 0 aliphatic carbocycles. The normalized spacial score (nSPS) is 27.6. The molecule has 0 unspecified atom stereocenters. The zero-order valence-electron chi connectivity index (χ0n) is 11.1. The van der Waals surface area contributed by atoms with Gasteiger partial charge in [0, 0.05) is 5.69 Å². The molecular weight excluding hydrogens is 248 g/mol. The van der Waals surface area contributed by atoms with Crippen molar-refractivity contribution in [1.29, 1.82) is 0 Å². The molecule has 0 radical (unpaired) electrons. The van der Waals surface area contributed by atoms with Gasteiger partial charge < -0.3 is 10.6 Å². The lowest BCUT2D eigenvalue weighted by atomic mass is 9.73. The van der Waals surface area contributed by atoms with E-state index < -0.39 is 5.41 Å². The van der Waals surface area contributed by atoms with E-state index in [0.717, 1.165) is 24.2 Å². The number of para-hydroxylation sites is 1. The van der Waals surface area contributed by atoms with E-state index in [-0.39, 0.29) is 11.9 Å². The highest BCUT2D eigenvalue weighted by Gasteiger charge is 2.55. The second-order valence-electron chi connectivity index (χ2n) is 5.52. The molecule has 2 aromatic rings. The smallest absolute Gasteiger partial charge is 0.237 e. The van der Waals surface area contributed by atoms with E-state index in [9.17, 15) is 4.79 Å². The van der Waals surface area contributed by atoms with Crippen LogP contribution in [0.5, 0.6) is 0 Å². The highest BCUT2D eigenvalue weighted by molar-refractivity contribution is 6.07. The standard InChI is InChI=1S/C17H16N2O/c20-16-17(13-8-4-5-9-14(13)19-16)10-11-18-15(17)12-6-2-1-3-7-12/h1-9,15,18H,10-11H2,(H,19,20)/t15-,17+/m1/s1. The summed E-state index contributed by atoms with van der Waals surface area (Å²) in [5, 5.41) is 6.57. The quantitative estimate of drug-likeness (QED) is 0.831. The Kier molecular flexibility index (Phi) is 2.44. The van der Waals surface area contributed by atoms with Crippen molar-refractivity contribution in [1.82, 2.24) is 5.32 Å². The van der Waals surface area contributed by atoms with Crippen LogP contribution in [0.3, 0.4) is 0 Å². The molecule has 1 fully saturated rings. The van der Waals surface area contributed by atoms with Crippen molar-refractivity contribution in [3.63, 3.8) is 0 Å². The van der Waals surface area contributed by atoms with Gasteiger partial charge in [-0.3, -0.25) is 4.79 Å². The summed E-state index contributed by atoms with van der Waals surface area (Å²) in [6.45, 7) is 0.862. The fourth-order valence-corrected chi connectivity index (χ4v) is 3.65. The summed E-state index contributed by atoms with van der Waals surface area (Å²) < 4.78 is 0. The Hall–Kier alpha value is -2.13. The zero-order valence-corrected chi connectivity index (χ0v) is 11.1. The Morgan fingerprint density at radius 2 is 1.75 bits per heavy atom. The number of anilines is 1. The minimum absolute atomic E-state index is 0.0485. The van der Waals surface area contributed by atoms with Gasteiger partial charge in [0.05, 0.1) is 11.5 Å². The van der Waals surface area contributed by atoms with Gasteiger partial charge >= 0.3 is 0 Å². The number of hydrogen-bond donors (Lipinski definition) is 2. The van der Waals surface area contributed by atoms with Crippen LogP contribution < -0.4 is 10.6 Å². The third-order valence-corrected chi connectivity index (χ3v) is 4.55. The summed E-state index contributed by atoms with van der Waals surface area (Å²) in [7, 11) is 0. The Balaban J connectivity index is 1.89. The molecule has 3 nitrogen and oxygen atoms in total. The molecule has 2 atom stereocenters. The lowest BCUT2D eigenvalue weighted by Crippen LogP contribution is -2.39. The second-order valence-corrected chi connectivity index (χ2v) is 5.52. The van der Waals surface area contributed by atoms with E-state index in [1.165, 1.54) is 5.56 Å². The van der Waals surface area contributed by atoms with Gasteiger partial charge in [-0.15, -0.1) is 0 Å². The first-order valence-electron chi connectivity index (χ1n) is 7.02. The number of rotatable bonds is 1. The molecule has 2 N–H and O–H groups in total. The molecule has 4 rings (SSSR count). The predicted molar refractivity (Wildman–Crippen MR) is 78.6 cm³/mol. The van der Waals surface area contributed by atoms with Gasteiger partial charge in [0.1, 0.15) is 0 Å². The van der Waals surface area contributed by atoms with Crippen molar-refractivity contribution in [2.24, 2.45) is 0 Å². The summed E-state index contributed by atoms with van der Waals surface area (Å²) >= 11 is 0. The topological polar surface area (TPSA) is 41.1 Å². The van der Waals surface area contributed by atoms with Gasteiger partial charge in [-0.25, -0.2) is 0 Å². The van der Waals surface area contributed by atoms with E-state index in [2.05, 4.69) is 28.8 Å². The van der Waals surface area contributed by atoms with Gasteiger partial charge in [-0.2, -0.15) is 0 Å². The number of carbonyl (C=O) groups is 1. The summed E-state index contributed by atoms with van der Waals surface area (Å²) in [4.78, 5) is 12.7. The molecule has 0 bridgehead atoms. The minimum Gasteiger partial charge on any atom is -0.325 e. The summed E-state index contributed by atoms with van der Waals surface area (Å²) in [5.74, 6) is 0.123. The van der Waals surface area contributed by atoms with Crippen LogP contribution in [-0.2, 0) is 10.2 Å². The number of fused-ring (bicyclic) bond motifs is 2. The first kappa shape index (κ1) is 11.7. The highest BCUT2D eigenvalue weighted by atomic mass is 16.2. The maximum atomic E-state index is 12.7. The molecule has 1 amide bonds. The molecule has 2 aliphatic heterocycles. The van der Waals surface area contributed by atoms with Crippen molar-refractivity contribution in [3.05, 3.63) is 65.7 Å². The highest BCUT2D eigenvalue weighted by Crippen LogP contribution is 2.50. The Morgan fingerprint density at radius 3 is 2.60 bits per heavy atom. The second kappa shape index (κ2) is 4.18. The van der Waals surface area contributed by atoms with E-state index in [0.29, 0.717) is 0 Å². The monoisotopic (exact) mass is 264 g/mol. The maximum absolute atomic E-state index is 12.7. The van der Waals surface area contributed by atoms with Crippen molar-refractivity contribution < 1.29 is 4.79 Å². The van der Waals surface area contributed by atoms with Crippen LogP contribution >= 0.6 is 0 Å². The van der Waals surface area contributed by atoms with Gasteiger partial charge in [0.25, 0.3) is 0 Å². The molecule has 1 saturated heterocycles. The molecule has 0 aromatic heterocycles. The van der Waals surface area contributed by atoms with Crippen molar-refractivity contribution in [2.45, 2.75) is 17.9 Å². The molecule has 2 aromatic carbocycles. The number of nitrogens with one attached hydrogen (secondary N) is 2. The molecule has 3 heteroatoms. The van der Waals surface area contributed by atoms with Crippen LogP contribution in [0.4, 0.5) is 5.69 Å².